The van der Waals surface area contributed by atoms with Crippen LogP contribution in [0.5, 0.6) is 0 Å². The first-order valence-corrected chi connectivity index (χ1v) is 6.30. The molecule has 0 aliphatic heterocycles. The lowest BCUT2D eigenvalue weighted by Crippen LogP contribution is -2.29. The molecule has 0 radical (unpaired) electrons. The lowest BCUT2D eigenvalue weighted by Gasteiger charge is -2.29. The van der Waals surface area contributed by atoms with E-state index in [4.69, 9.17) is 11.6 Å². The lowest BCUT2D eigenvalue weighted by molar-refractivity contribution is 0.0128. The Hall–Kier alpha value is -0.540. The van der Waals surface area contributed by atoms with Gasteiger partial charge in [0.2, 0.25) is 0 Å². The van der Waals surface area contributed by atoms with Crippen LogP contribution in [0.25, 0.3) is 0 Å². The first-order valence-electron chi connectivity index (χ1n) is 5.92. The molecule has 1 unspecified atom stereocenters. The predicted molar refractivity (Wildman–Crippen MR) is 66.7 cm³/mol. The second kappa shape index (κ2) is 5.19. The zero-order chi connectivity index (χ0) is 12.3. The molecule has 0 amide bonds. The van der Waals surface area contributed by atoms with E-state index >= 15 is 0 Å². The van der Waals surface area contributed by atoms with Crippen LogP contribution in [0, 0.1) is 0 Å². The molecule has 0 aliphatic carbocycles. The molecule has 1 heterocycles. The summed E-state index contributed by atoms with van der Waals surface area (Å²) in [5.74, 6) is 0. The molecule has 0 fully saturated rings. The summed E-state index contributed by atoms with van der Waals surface area (Å²) < 4.78 is 1.82. The van der Waals surface area contributed by atoms with Crippen LogP contribution in [0.3, 0.4) is 0 Å². The summed E-state index contributed by atoms with van der Waals surface area (Å²) in [6.07, 6.45) is 3.90. The maximum Gasteiger partial charge on any atom is 0.107 e. The van der Waals surface area contributed by atoms with Gasteiger partial charge in [0.25, 0.3) is 0 Å². The van der Waals surface area contributed by atoms with Gasteiger partial charge in [-0.15, -0.1) is 0 Å². The highest BCUT2D eigenvalue weighted by atomic mass is 35.5. The third-order valence-corrected chi connectivity index (χ3v) is 3.21. The molecule has 0 aromatic carbocycles. The second-order valence-corrected chi connectivity index (χ2v) is 4.92. The second-order valence-electron chi connectivity index (χ2n) is 4.51. The standard InChI is InChI=1S/C12H21ClN2O/c1-5-7-12(16,6-2)11-10(13)8-14-15(11)9(3)4/h8-9,16H,5-7H2,1-4H3. The van der Waals surface area contributed by atoms with Crippen molar-refractivity contribution in [3.05, 3.63) is 16.9 Å². The van der Waals surface area contributed by atoms with Gasteiger partial charge in [0.15, 0.2) is 0 Å². The molecule has 1 atom stereocenters. The average Bonchev–Trinajstić information content (AvgIpc) is 2.61. The molecule has 16 heavy (non-hydrogen) atoms. The van der Waals surface area contributed by atoms with Crippen LogP contribution in [0.15, 0.2) is 6.20 Å². The predicted octanol–water partition coefficient (Wildman–Crippen LogP) is 3.52. The molecule has 3 nitrogen and oxygen atoms in total. The zero-order valence-corrected chi connectivity index (χ0v) is 11.3. The van der Waals surface area contributed by atoms with Crippen LogP contribution in [-0.2, 0) is 5.60 Å². The lowest BCUT2D eigenvalue weighted by atomic mass is 9.91. The van der Waals surface area contributed by atoms with E-state index < -0.39 is 5.60 Å². The molecule has 4 heteroatoms. The molecule has 0 spiro atoms. The minimum absolute atomic E-state index is 0.206. The van der Waals surface area contributed by atoms with Crippen molar-refractivity contribution >= 4 is 11.6 Å². The normalized spacial score (nSPS) is 15.4. The summed E-state index contributed by atoms with van der Waals surface area (Å²) in [6, 6.07) is 0.206. The minimum atomic E-state index is -0.855. The molecule has 0 saturated carbocycles. The van der Waals surface area contributed by atoms with Gasteiger partial charge in [-0.2, -0.15) is 5.10 Å². The highest BCUT2D eigenvalue weighted by molar-refractivity contribution is 6.31. The van der Waals surface area contributed by atoms with Gasteiger partial charge in [-0.1, -0.05) is 31.9 Å². The Balaban J connectivity index is 3.22. The number of aromatic nitrogens is 2. The van der Waals surface area contributed by atoms with E-state index in [9.17, 15) is 5.11 Å². The molecule has 1 aromatic rings. The number of hydrogen-bond donors (Lipinski definition) is 1. The van der Waals surface area contributed by atoms with E-state index in [1.807, 2.05) is 25.5 Å². The Morgan fingerprint density at radius 2 is 2.12 bits per heavy atom. The summed E-state index contributed by atoms with van der Waals surface area (Å²) in [5, 5.41) is 15.4. The number of halogens is 1. The molecular weight excluding hydrogens is 224 g/mol. The monoisotopic (exact) mass is 244 g/mol. The van der Waals surface area contributed by atoms with Crippen LogP contribution in [0.2, 0.25) is 5.02 Å². The maximum atomic E-state index is 10.6. The number of nitrogens with zero attached hydrogens (tertiary/aromatic N) is 2. The average molecular weight is 245 g/mol. The smallest absolute Gasteiger partial charge is 0.107 e. The highest BCUT2D eigenvalue weighted by Gasteiger charge is 2.33. The third-order valence-electron chi connectivity index (χ3n) is 2.93. The van der Waals surface area contributed by atoms with E-state index in [-0.39, 0.29) is 6.04 Å². The largest absolute Gasteiger partial charge is 0.384 e. The van der Waals surface area contributed by atoms with Gasteiger partial charge in [-0.3, -0.25) is 4.68 Å². The topological polar surface area (TPSA) is 38.1 Å². The zero-order valence-electron chi connectivity index (χ0n) is 10.5. The van der Waals surface area contributed by atoms with E-state index in [0.717, 1.165) is 12.1 Å². The van der Waals surface area contributed by atoms with Gasteiger partial charge in [0.1, 0.15) is 5.60 Å². The third kappa shape index (κ3) is 2.41. The molecule has 0 bridgehead atoms. The Labute approximate surface area is 102 Å². The number of hydrogen-bond acceptors (Lipinski definition) is 2. The Morgan fingerprint density at radius 1 is 1.50 bits per heavy atom. The molecule has 92 valence electrons. The van der Waals surface area contributed by atoms with Crippen molar-refractivity contribution in [2.24, 2.45) is 0 Å². The van der Waals surface area contributed by atoms with Crippen molar-refractivity contribution in [3.63, 3.8) is 0 Å². The van der Waals surface area contributed by atoms with Crippen LogP contribution < -0.4 is 0 Å². The van der Waals surface area contributed by atoms with Gasteiger partial charge in [-0.25, -0.2) is 0 Å². The van der Waals surface area contributed by atoms with Gasteiger partial charge in [-0.05, 0) is 26.7 Å². The van der Waals surface area contributed by atoms with Crippen molar-refractivity contribution in [1.29, 1.82) is 0 Å². The summed E-state index contributed by atoms with van der Waals surface area (Å²) in [4.78, 5) is 0. The summed E-state index contributed by atoms with van der Waals surface area (Å²) in [5.41, 5.74) is -0.0967. The van der Waals surface area contributed by atoms with Crippen molar-refractivity contribution in [2.45, 2.75) is 58.6 Å². The quantitative estimate of drug-likeness (QED) is 0.861. The van der Waals surface area contributed by atoms with Crippen molar-refractivity contribution < 1.29 is 5.11 Å². The Kier molecular flexibility index (Phi) is 4.39. The first-order chi connectivity index (χ1) is 7.46. The van der Waals surface area contributed by atoms with E-state index in [1.54, 1.807) is 6.20 Å². The Bertz CT molecular complexity index is 349. The van der Waals surface area contributed by atoms with Gasteiger partial charge in [0, 0.05) is 6.04 Å². The van der Waals surface area contributed by atoms with Crippen LogP contribution >= 0.6 is 11.6 Å². The highest BCUT2D eigenvalue weighted by Crippen LogP contribution is 2.35. The van der Waals surface area contributed by atoms with Crippen molar-refractivity contribution in [3.8, 4) is 0 Å². The fourth-order valence-corrected chi connectivity index (χ4v) is 2.35. The fraction of sp³-hybridized carbons (Fsp3) is 0.750. The minimum Gasteiger partial charge on any atom is -0.384 e. The van der Waals surface area contributed by atoms with E-state index in [0.29, 0.717) is 17.9 Å². The molecule has 1 aromatic heterocycles. The fourth-order valence-electron chi connectivity index (χ4n) is 2.04. The van der Waals surface area contributed by atoms with Crippen LogP contribution in [-0.4, -0.2) is 14.9 Å². The van der Waals surface area contributed by atoms with Crippen LogP contribution in [0.1, 0.15) is 58.7 Å². The molecular formula is C12H21ClN2O. The van der Waals surface area contributed by atoms with Gasteiger partial charge >= 0.3 is 0 Å². The summed E-state index contributed by atoms with van der Waals surface area (Å²) in [6.45, 7) is 8.11. The van der Waals surface area contributed by atoms with Crippen molar-refractivity contribution in [2.75, 3.05) is 0 Å². The molecule has 1 N–H and O–H groups in total. The number of aliphatic hydroxyl groups is 1. The van der Waals surface area contributed by atoms with Gasteiger partial charge in [0.05, 0.1) is 16.9 Å². The maximum absolute atomic E-state index is 10.6. The van der Waals surface area contributed by atoms with Crippen LogP contribution in [0.4, 0.5) is 0 Å². The van der Waals surface area contributed by atoms with E-state index in [2.05, 4.69) is 12.0 Å². The van der Waals surface area contributed by atoms with E-state index in [1.165, 1.54) is 0 Å². The summed E-state index contributed by atoms with van der Waals surface area (Å²) >= 11 is 6.14. The summed E-state index contributed by atoms with van der Waals surface area (Å²) in [7, 11) is 0. The first kappa shape index (κ1) is 13.5. The Morgan fingerprint density at radius 3 is 2.56 bits per heavy atom. The molecule has 0 aliphatic rings. The SMILES string of the molecule is CCCC(O)(CC)c1c(Cl)cnn1C(C)C. The van der Waals surface area contributed by atoms with Gasteiger partial charge < -0.3 is 5.11 Å². The molecule has 1 rings (SSSR count). The van der Waals surface area contributed by atoms with Crippen molar-refractivity contribution in [1.82, 2.24) is 9.78 Å². The molecule has 0 saturated heterocycles. The number of rotatable bonds is 5.